The molecule has 5 nitrogen and oxygen atoms in total. The topological polar surface area (TPSA) is 92.4 Å². The van der Waals surface area contributed by atoms with Gasteiger partial charge in [-0.15, -0.1) is 0 Å². The summed E-state index contributed by atoms with van der Waals surface area (Å²) in [5.74, 6) is -0.941. The van der Waals surface area contributed by atoms with E-state index in [2.05, 4.69) is 5.32 Å². The predicted octanol–water partition coefficient (Wildman–Crippen LogP) is 1.65. The zero-order chi connectivity index (χ0) is 14.5. The highest BCUT2D eigenvalue weighted by Gasteiger charge is 2.33. The molecule has 5 heteroatoms. The second-order valence-corrected chi connectivity index (χ2v) is 6.33. The Morgan fingerprint density at radius 3 is 2.15 bits per heavy atom. The zero-order valence-corrected chi connectivity index (χ0v) is 12.0. The molecule has 0 bridgehead atoms. The lowest BCUT2D eigenvalue weighted by Gasteiger charge is -2.31. The molecular formula is C15H26N2O3. The molecule has 0 spiro atoms. The van der Waals surface area contributed by atoms with Gasteiger partial charge in [0.2, 0.25) is 5.91 Å². The fraction of sp³-hybridized carbons (Fsp3) is 0.867. The Hall–Kier alpha value is -1.10. The minimum Gasteiger partial charge on any atom is -0.480 e. The van der Waals surface area contributed by atoms with Gasteiger partial charge in [-0.1, -0.05) is 19.3 Å². The highest BCUT2D eigenvalue weighted by atomic mass is 16.4. The van der Waals surface area contributed by atoms with Crippen LogP contribution >= 0.6 is 0 Å². The van der Waals surface area contributed by atoms with Gasteiger partial charge in [0.1, 0.15) is 6.04 Å². The van der Waals surface area contributed by atoms with Crippen molar-refractivity contribution in [3.8, 4) is 0 Å². The van der Waals surface area contributed by atoms with E-state index in [0.29, 0.717) is 0 Å². The Labute approximate surface area is 120 Å². The van der Waals surface area contributed by atoms with Crippen LogP contribution in [-0.4, -0.2) is 29.1 Å². The van der Waals surface area contributed by atoms with Gasteiger partial charge in [0.05, 0.1) is 0 Å². The summed E-state index contributed by atoms with van der Waals surface area (Å²) in [6.45, 7) is 0. The van der Waals surface area contributed by atoms with Crippen LogP contribution in [0, 0.1) is 11.8 Å². The summed E-state index contributed by atoms with van der Waals surface area (Å²) < 4.78 is 0. The lowest BCUT2D eigenvalue weighted by Crippen LogP contribution is -2.49. The Morgan fingerprint density at radius 1 is 1.00 bits per heavy atom. The monoisotopic (exact) mass is 282 g/mol. The molecule has 0 saturated heterocycles. The van der Waals surface area contributed by atoms with E-state index in [9.17, 15) is 14.7 Å². The molecule has 114 valence electrons. The zero-order valence-electron chi connectivity index (χ0n) is 12.0. The number of carbonyl (C=O) groups is 2. The fourth-order valence-electron chi connectivity index (χ4n) is 3.50. The molecule has 20 heavy (non-hydrogen) atoms. The van der Waals surface area contributed by atoms with Gasteiger partial charge in [0, 0.05) is 12.0 Å². The van der Waals surface area contributed by atoms with Crippen molar-refractivity contribution in [1.82, 2.24) is 5.32 Å². The normalized spacial score (nSPS) is 29.6. The van der Waals surface area contributed by atoms with Crippen LogP contribution in [0.1, 0.15) is 57.8 Å². The minimum absolute atomic E-state index is 0.0553. The molecule has 0 radical (unpaired) electrons. The van der Waals surface area contributed by atoms with E-state index in [1.54, 1.807) is 0 Å². The molecule has 4 N–H and O–H groups in total. The smallest absolute Gasteiger partial charge is 0.326 e. The van der Waals surface area contributed by atoms with Gasteiger partial charge >= 0.3 is 5.97 Å². The van der Waals surface area contributed by atoms with E-state index in [0.717, 1.165) is 51.4 Å². The summed E-state index contributed by atoms with van der Waals surface area (Å²) in [5, 5.41) is 12.2. The van der Waals surface area contributed by atoms with Crippen LogP contribution in [0.25, 0.3) is 0 Å². The van der Waals surface area contributed by atoms with Gasteiger partial charge in [-0.25, -0.2) is 4.79 Å². The van der Waals surface area contributed by atoms with Gasteiger partial charge in [-0.3, -0.25) is 4.79 Å². The molecule has 1 unspecified atom stereocenters. The summed E-state index contributed by atoms with van der Waals surface area (Å²) in [6, 6.07) is -0.508. The lowest BCUT2D eigenvalue weighted by molar-refractivity contribution is -0.144. The number of aliphatic carboxylic acids is 1. The van der Waals surface area contributed by atoms with E-state index in [1.165, 1.54) is 6.42 Å². The summed E-state index contributed by atoms with van der Waals surface area (Å²) in [7, 11) is 0. The first-order valence-electron chi connectivity index (χ1n) is 7.86. The van der Waals surface area contributed by atoms with Crippen molar-refractivity contribution in [3.05, 3.63) is 0 Å². The second-order valence-electron chi connectivity index (χ2n) is 6.33. The van der Waals surface area contributed by atoms with Gasteiger partial charge in [-0.05, 0) is 44.4 Å². The number of amides is 1. The van der Waals surface area contributed by atoms with Crippen molar-refractivity contribution in [3.63, 3.8) is 0 Å². The predicted molar refractivity (Wildman–Crippen MR) is 76.1 cm³/mol. The third-order valence-corrected chi connectivity index (χ3v) is 4.83. The van der Waals surface area contributed by atoms with Gasteiger partial charge in [-0.2, -0.15) is 0 Å². The largest absolute Gasteiger partial charge is 0.480 e. The van der Waals surface area contributed by atoms with Gasteiger partial charge < -0.3 is 16.2 Å². The van der Waals surface area contributed by atoms with Crippen LogP contribution in [0.5, 0.6) is 0 Å². The van der Waals surface area contributed by atoms with Gasteiger partial charge in [0.15, 0.2) is 0 Å². The molecule has 0 aromatic rings. The Morgan fingerprint density at radius 2 is 1.60 bits per heavy atom. The van der Waals surface area contributed by atoms with Gasteiger partial charge in [0.25, 0.3) is 0 Å². The van der Waals surface area contributed by atoms with Crippen LogP contribution in [0.2, 0.25) is 0 Å². The van der Waals surface area contributed by atoms with E-state index in [1.807, 2.05) is 0 Å². The number of nitrogens with two attached hydrogens (primary N) is 1. The molecule has 2 aliphatic carbocycles. The van der Waals surface area contributed by atoms with Crippen LogP contribution in [-0.2, 0) is 9.59 Å². The first-order valence-corrected chi connectivity index (χ1v) is 7.86. The van der Waals surface area contributed by atoms with Crippen LogP contribution in [0.15, 0.2) is 0 Å². The average Bonchev–Trinajstić information content (AvgIpc) is 2.46. The molecular weight excluding hydrogens is 256 g/mol. The summed E-state index contributed by atoms with van der Waals surface area (Å²) in [4.78, 5) is 23.7. The maximum absolute atomic E-state index is 12.2. The lowest BCUT2D eigenvalue weighted by atomic mass is 9.82. The third-order valence-electron chi connectivity index (χ3n) is 4.83. The van der Waals surface area contributed by atoms with E-state index in [4.69, 9.17) is 5.73 Å². The third kappa shape index (κ3) is 3.95. The molecule has 2 fully saturated rings. The number of carboxylic acids is 1. The molecule has 0 heterocycles. The van der Waals surface area contributed by atoms with E-state index in [-0.39, 0.29) is 23.8 Å². The molecule has 1 atom stereocenters. The van der Waals surface area contributed by atoms with Crippen molar-refractivity contribution in [2.75, 3.05) is 0 Å². The van der Waals surface area contributed by atoms with Crippen LogP contribution in [0.4, 0.5) is 0 Å². The van der Waals surface area contributed by atoms with Crippen LogP contribution < -0.4 is 11.1 Å². The molecule has 2 saturated carbocycles. The number of hydrogen-bond donors (Lipinski definition) is 3. The SMILES string of the molecule is NC1CCC(C(=O)NC(C(=O)O)C2CCCCC2)CC1. The Kier molecular flexibility index (Phi) is 5.40. The molecule has 2 aliphatic rings. The molecule has 0 aromatic carbocycles. The van der Waals surface area contributed by atoms with Crippen molar-refractivity contribution in [2.45, 2.75) is 69.9 Å². The van der Waals surface area contributed by atoms with E-state index >= 15 is 0 Å². The number of rotatable bonds is 4. The number of carbonyl (C=O) groups excluding carboxylic acids is 1. The Balaban J connectivity index is 1.90. The Bertz CT molecular complexity index is 345. The summed E-state index contributed by atoms with van der Waals surface area (Å²) in [5.41, 5.74) is 5.84. The van der Waals surface area contributed by atoms with Crippen molar-refractivity contribution >= 4 is 11.9 Å². The summed E-state index contributed by atoms with van der Waals surface area (Å²) >= 11 is 0. The first kappa shape index (κ1) is 15.3. The molecule has 1 amide bonds. The average molecular weight is 282 g/mol. The maximum atomic E-state index is 12.2. The second kappa shape index (κ2) is 7.07. The van der Waals surface area contributed by atoms with Crippen molar-refractivity contribution in [1.29, 1.82) is 0 Å². The number of carboxylic acid groups (broad SMARTS) is 1. The standard InChI is InChI=1S/C15H26N2O3/c16-12-8-6-11(7-9-12)14(18)17-13(15(19)20)10-4-2-1-3-5-10/h10-13H,1-9,16H2,(H,17,18)(H,19,20). The number of hydrogen-bond acceptors (Lipinski definition) is 3. The fourth-order valence-corrected chi connectivity index (χ4v) is 3.50. The molecule has 2 rings (SSSR count). The van der Waals surface area contributed by atoms with Crippen molar-refractivity contribution in [2.24, 2.45) is 17.6 Å². The quantitative estimate of drug-likeness (QED) is 0.731. The minimum atomic E-state index is -0.891. The molecule has 0 aliphatic heterocycles. The number of nitrogens with one attached hydrogen (secondary N) is 1. The van der Waals surface area contributed by atoms with Crippen LogP contribution in [0.3, 0.4) is 0 Å². The first-order chi connectivity index (χ1) is 9.58. The van der Waals surface area contributed by atoms with Crippen molar-refractivity contribution < 1.29 is 14.7 Å². The molecule has 0 aromatic heterocycles. The van der Waals surface area contributed by atoms with E-state index < -0.39 is 12.0 Å². The highest BCUT2D eigenvalue weighted by molar-refractivity contribution is 5.85. The maximum Gasteiger partial charge on any atom is 0.326 e. The summed E-state index contributed by atoms with van der Waals surface area (Å²) in [6.07, 6.45) is 8.43. The highest BCUT2D eigenvalue weighted by Crippen LogP contribution is 2.28.